The van der Waals surface area contributed by atoms with Crippen molar-refractivity contribution in [2.45, 2.75) is 36.7 Å². The fourth-order valence-corrected chi connectivity index (χ4v) is 3.78. The lowest BCUT2D eigenvalue weighted by atomic mass is 10.2. The molecule has 1 fully saturated rings. The molecule has 124 valence electrons. The first-order valence-corrected chi connectivity index (χ1v) is 9.35. The molecule has 0 bridgehead atoms. The summed E-state index contributed by atoms with van der Waals surface area (Å²) in [5, 5.41) is 8.77. The van der Waals surface area contributed by atoms with Crippen molar-refractivity contribution in [1.29, 1.82) is 5.26 Å². The van der Waals surface area contributed by atoms with Gasteiger partial charge >= 0.3 is 0 Å². The SMILES string of the molecule is N#Cc1ccc(S(=O)(=O)Nc2ccc(OC3CCCC3)cc2)cc1. The van der Waals surface area contributed by atoms with Gasteiger partial charge in [-0.05, 0) is 74.2 Å². The number of benzene rings is 2. The number of hydrogen-bond acceptors (Lipinski definition) is 4. The number of nitriles is 1. The van der Waals surface area contributed by atoms with Gasteiger partial charge in [0.2, 0.25) is 0 Å². The Morgan fingerprint density at radius 1 is 1.00 bits per heavy atom. The first-order chi connectivity index (χ1) is 11.6. The topological polar surface area (TPSA) is 79.2 Å². The zero-order valence-corrected chi connectivity index (χ0v) is 13.9. The van der Waals surface area contributed by atoms with Crippen LogP contribution in [0.2, 0.25) is 0 Å². The van der Waals surface area contributed by atoms with Crippen molar-refractivity contribution in [2.24, 2.45) is 0 Å². The van der Waals surface area contributed by atoms with Crippen molar-refractivity contribution in [3.05, 3.63) is 54.1 Å². The third kappa shape index (κ3) is 3.87. The van der Waals surface area contributed by atoms with E-state index in [4.69, 9.17) is 10.00 Å². The van der Waals surface area contributed by atoms with Crippen LogP contribution in [0.5, 0.6) is 5.75 Å². The molecule has 6 heteroatoms. The van der Waals surface area contributed by atoms with Crippen LogP contribution in [0.3, 0.4) is 0 Å². The molecule has 0 spiro atoms. The van der Waals surface area contributed by atoms with E-state index in [0.29, 0.717) is 11.3 Å². The highest BCUT2D eigenvalue weighted by atomic mass is 32.2. The molecule has 3 rings (SSSR count). The second kappa shape index (κ2) is 6.93. The Kier molecular flexibility index (Phi) is 4.72. The second-order valence-electron chi connectivity index (χ2n) is 5.79. The quantitative estimate of drug-likeness (QED) is 0.899. The Morgan fingerprint density at radius 3 is 2.21 bits per heavy atom. The number of sulfonamides is 1. The minimum absolute atomic E-state index is 0.118. The number of hydrogen-bond donors (Lipinski definition) is 1. The maximum atomic E-state index is 12.3. The molecule has 24 heavy (non-hydrogen) atoms. The summed E-state index contributed by atoms with van der Waals surface area (Å²) >= 11 is 0. The Bertz CT molecular complexity index is 831. The molecule has 0 aliphatic heterocycles. The van der Waals surface area contributed by atoms with E-state index in [1.54, 1.807) is 24.3 Å². The standard InChI is InChI=1S/C18H18N2O3S/c19-13-14-5-11-18(12-6-14)24(21,22)20-15-7-9-17(10-8-15)23-16-3-1-2-4-16/h5-12,16,20H,1-4H2. The third-order valence-electron chi connectivity index (χ3n) is 4.01. The second-order valence-corrected chi connectivity index (χ2v) is 7.47. The minimum Gasteiger partial charge on any atom is -0.490 e. The summed E-state index contributed by atoms with van der Waals surface area (Å²) in [5.41, 5.74) is 0.889. The minimum atomic E-state index is -3.67. The normalized spacial score (nSPS) is 15.0. The van der Waals surface area contributed by atoms with Crippen LogP contribution < -0.4 is 9.46 Å². The van der Waals surface area contributed by atoms with Crippen LogP contribution in [0.4, 0.5) is 5.69 Å². The van der Waals surface area contributed by atoms with Crippen LogP contribution in [0, 0.1) is 11.3 Å². The van der Waals surface area contributed by atoms with Crippen molar-refractivity contribution >= 4 is 15.7 Å². The number of anilines is 1. The lowest BCUT2D eigenvalue weighted by molar-refractivity contribution is 0.210. The average molecular weight is 342 g/mol. The predicted octanol–water partition coefficient (Wildman–Crippen LogP) is 3.68. The fraction of sp³-hybridized carbons (Fsp3) is 0.278. The van der Waals surface area contributed by atoms with Crippen molar-refractivity contribution in [1.82, 2.24) is 0 Å². The Hall–Kier alpha value is -2.52. The maximum Gasteiger partial charge on any atom is 0.261 e. The van der Waals surface area contributed by atoms with Crippen LogP contribution in [0.25, 0.3) is 0 Å². The van der Waals surface area contributed by atoms with Gasteiger partial charge < -0.3 is 4.74 Å². The summed E-state index contributed by atoms with van der Waals surface area (Å²) < 4.78 is 33.1. The van der Waals surface area contributed by atoms with Gasteiger partial charge in [-0.25, -0.2) is 8.42 Å². The van der Waals surface area contributed by atoms with Crippen LogP contribution in [-0.2, 0) is 10.0 Å². The number of rotatable bonds is 5. The number of nitrogens with one attached hydrogen (secondary N) is 1. The summed E-state index contributed by atoms with van der Waals surface area (Å²) in [6.07, 6.45) is 4.83. The first kappa shape index (κ1) is 16.3. The highest BCUT2D eigenvalue weighted by molar-refractivity contribution is 7.92. The summed E-state index contributed by atoms with van der Waals surface area (Å²) in [5.74, 6) is 0.753. The summed E-state index contributed by atoms with van der Waals surface area (Å²) in [6, 6.07) is 14.7. The van der Waals surface area contributed by atoms with Crippen molar-refractivity contribution in [2.75, 3.05) is 4.72 Å². The average Bonchev–Trinajstić information content (AvgIpc) is 3.09. The molecular formula is C18H18N2O3S. The number of nitrogens with zero attached hydrogens (tertiary/aromatic N) is 1. The predicted molar refractivity (Wildman–Crippen MR) is 91.3 cm³/mol. The number of ether oxygens (including phenoxy) is 1. The molecule has 1 aliphatic carbocycles. The van der Waals surface area contributed by atoms with Crippen molar-refractivity contribution in [3.63, 3.8) is 0 Å². The molecule has 1 aliphatic rings. The largest absolute Gasteiger partial charge is 0.490 e. The lowest BCUT2D eigenvalue weighted by Crippen LogP contribution is -2.13. The van der Waals surface area contributed by atoms with E-state index in [1.807, 2.05) is 6.07 Å². The smallest absolute Gasteiger partial charge is 0.261 e. The van der Waals surface area contributed by atoms with E-state index in [1.165, 1.54) is 37.1 Å². The van der Waals surface area contributed by atoms with Crippen LogP contribution >= 0.6 is 0 Å². The van der Waals surface area contributed by atoms with E-state index in [2.05, 4.69) is 4.72 Å². The zero-order valence-electron chi connectivity index (χ0n) is 13.1. The van der Waals surface area contributed by atoms with Gasteiger partial charge in [0.15, 0.2) is 0 Å². The Labute approximate surface area is 141 Å². The summed E-state index contributed by atoms with van der Waals surface area (Å²) in [4.78, 5) is 0.118. The van der Waals surface area contributed by atoms with Crippen LogP contribution in [-0.4, -0.2) is 14.5 Å². The van der Waals surface area contributed by atoms with Gasteiger partial charge in [-0.3, -0.25) is 4.72 Å². The van der Waals surface area contributed by atoms with Gasteiger partial charge in [-0.2, -0.15) is 5.26 Å². The highest BCUT2D eigenvalue weighted by Crippen LogP contribution is 2.25. The molecular weight excluding hydrogens is 324 g/mol. The molecule has 1 saturated carbocycles. The Morgan fingerprint density at radius 2 is 1.62 bits per heavy atom. The first-order valence-electron chi connectivity index (χ1n) is 7.86. The van der Waals surface area contributed by atoms with Gasteiger partial charge in [0.1, 0.15) is 5.75 Å². The lowest BCUT2D eigenvalue weighted by Gasteiger charge is -2.14. The molecule has 0 saturated heterocycles. The third-order valence-corrected chi connectivity index (χ3v) is 5.40. The van der Waals surface area contributed by atoms with Gasteiger partial charge in [0, 0.05) is 5.69 Å². The van der Waals surface area contributed by atoms with Crippen molar-refractivity contribution in [3.8, 4) is 11.8 Å². The summed E-state index contributed by atoms with van der Waals surface area (Å²) in [6.45, 7) is 0. The highest BCUT2D eigenvalue weighted by Gasteiger charge is 2.17. The maximum absolute atomic E-state index is 12.3. The molecule has 0 aromatic heterocycles. The van der Waals surface area contributed by atoms with Crippen LogP contribution in [0.15, 0.2) is 53.4 Å². The molecule has 0 heterocycles. The van der Waals surface area contributed by atoms with Crippen LogP contribution in [0.1, 0.15) is 31.2 Å². The molecule has 0 atom stereocenters. The van der Waals surface area contributed by atoms with Crippen molar-refractivity contribution < 1.29 is 13.2 Å². The van der Waals surface area contributed by atoms with E-state index in [9.17, 15) is 8.42 Å². The Balaban J connectivity index is 1.68. The monoisotopic (exact) mass is 342 g/mol. The summed E-state index contributed by atoms with van der Waals surface area (Å²) in [7, 11) is -3.67. The molecule has 0 unspecified atom stereocenters. The zero-order chi connectivity index (χ0) is 17.0. The van der Waals surface area contributed by atoms with E-state index < -0.39 is 10.0 Å². The molecule has 0 amide bonds. The van der Waals surface area contributed by atoms with E-state index in [-0.39, 0.29) is 11.0 Å². The van der Waals surface area contributed by atoms with Gasteiger partial charge in [-0.1, -0.05) is 0 Å². The molecule has 2 aromatic rings. The molecule has 0 radical (unpaired) electrons. The fourth-order valence-electron chi connectivity index (χ4n) is 2.72. The van der Waals surface area contributed by atoms with Gasteiger partial charge in [0.25, 0.3) is 10.0 Å². The molecule has 5 nitrogen and oxygen atoms in total. The van der Waals surface area contributed by atoms with Gasteiger partial charge in [-0.15, -0.1) is 0 Å². The van der Waals surface area contributed by atoms with Gasteiger partial charge in [0.05, 0.1) is 22.6 Å². The van der Waals surface area contributed by atoms with E-state index >= 15 is 0 Å². The molecule has 1 N–H and O–H groups in total. The molecule has 2 aromatic carbocycles. The van der Waals surface area contributed by atoms with E-state index in [0.717, 1.165) is 18.6 Å².